The Bertz CT molecular complexity index is 827. The zero-order valence-electron chi connectivity index (χ0n) is 14.8. The van der Waals surface area contributed by atoms with Crippen LogP contribution in [0.15, 0.2) is 36.4 Å². The zero-order chi connectivity index (χ0) is 18.7. The lowest BCUT2D eigenvalue weighted by Gasteiger charge is -2.13. The maximum atomic E-state index is 12.0. The Morgan fingerprint density at radius 1 is 1.12 bits per heavy atom. The fourth-order valence-electron chi connectivity index (χ4n) is 3.04. The molecule has 1 aliphatic heterocycles. The zero-order valence-corrected chi connectivity index (χ0v) is 14.8. The van der Waals surface area contributed by atoms with E-state index in [-0.39, 0.29) is 6.54 Å². The van der Waals surface area contributed by atoms with Crippen LogP contribution in [0.3, 0.4) is 0 Å². The number of carbonyl (C=O) groups excluding carboxylic acids is 2. The van der Waals surface area contributed by atoms with Gasteiger partial charge in [0.2, 0.25) is 0 Å². The highest BCUT2D eigenvalue weighted by molar-refractivity contribution is 6.39. The third-order valence-corrected chi connectivity index (χ3v) is 4.24. The van der Waals surface area contributed by atoms with Gasteiger partial charge in [-0.05, 0) is 60.4 Å². The molecule has 2 aromatic carbocycles. The summed E-state index contributed by atoms with van der Waals surface area (Å²) in [6.07, 6.45) is -0.0838. The van der Waals surface area contributed by atoms with Gasteiger partial charge in [0, 0.05) is 18.7 Å². The van der Waals surface area contributed by atoms with Crippen molar-refractivity contribution in [3.05, 3.63) is 58.7 Å². The van der Waals surface area contributed by atoms with Gasteiger partial charge in [-0.15, -0.1) is 0 Å². The minimum atomic E-state index is -0.890. The van der Waals surface area contributed by atoms with E-state index >= 15 is 0 Å². The SMILES string of the molecule is Cc1cc(C)cc(NC(=O)C(=O)NCC(O)c2ccc3c(c2)CCO3)c1. The van der Waals surface area contributed by atoms with Crippen LogP contribution < -0.4 is 15.4 Å². The lowest BCUT2D eigenvalue weighted by Crippen LogP contribution is -2.37. The Labute approximate surface area is 152 Å². The van der Waals surface area contributed by atoms with Crippen LogP contribution in [0.4, 0.5) is 5.69 Å². The summed E-state index contributed by atoms with van der Waals surface area (Å²) in [4.78, 5) is 24.0. The van der Waals surface area contributed by atoms with Crippen molar-refractivity contribution in [1.82, 2.24) is 5.32 Å². The Kier molecular flexibility index (Phi) is 5.23. The van der Waals surface area contributed by atoms with Crippen molar-refractivity contribution in [2.75, 3.05) is 18.5 Å². The van der Waals surface area contributed by atoms with E-state index in [9.17, 15) is 14.7 Å². The number of ether oxygens (including phenoxy) is 1. The number of hydrogen-bond donors (Lipinski definition) is 3. The molecule has 2 aromatic rings. The van der Waals surface area contributed by atoms with Gasteiger partial charge in [0.25, 0.3) is 0 Å². The first-order valence-corrected chi connectivity index (χ1v) is 8.53. The molecule has 0 spiro atoms. The summed E-state index contributed by atoms with van der Waals surface area (Å²) in [5, 5.41) is 15.3. The second-order valence-corrected chi connectivity index (χ2v) is 6.52. The molecule has 0 aliphatic carbocycles. The molecule has 0 fully saturated rings. The normalized spacial score (nSPS) is 13.5. The van der Waals surface area contributed by atoms with Crippen molar-refractivity contribution in [2.24, 2.45) is 0 Å². The van der Waals surface area contributed by atoms with Gasteiger partial charge in [-0.1, -0.05) is 12.1 Å². The molecule has 0 bridgehead atoms. The van der Waals surface area contributed by atoms with Crippen LogP contribution in [-0.2, 0) is 16.0 Å². The van der Waals surface area contributed by atoms with Gasteiger partial charge >= 0.3 is 11.8 Å². The standard InChI is InChI=1S/C20H22N2O4/c1-12-7-13(2)9-16(8-12)22-20(25)19(24)21-11-17(23)14-3-4-18-15(10-14)5-6-26-18/h3-4,7-10,17,23H,5-6,11H2,1-2H3,(H,21,24)(H,22,25). The smallest absolute Gasteiger partial charge is 0.313 e. The second kappa shape index (κ2) is 7.58. The van der Waals surface area contributed by atoms with Gasteiger partial charge in [-0.3, -0.25) is 9.59 Å². The van der Waals surface area contributed by atoms with Crippen molar-refractivity contribution in [1.29, 1.82) is 0 Å². The Morgan fingerprint density at radius 3 is 2.58 bits per heavy atom. The number of carbonyl (C=O) groups is 2. The molecule has 136 valence electrons. The molecule has 0 aromatic heterocycles. The molecular formula is C20H22N2O4. The van der Waals surface area contributed by atoms with Crippen LogP contribution in [0.2, 0.25) is 0 Å². The van der Waals surface area contributed by atoms with Gasteiger partial charge in [-0.2, -0.15) is 0 Å². The molecular weight excluding hydrogens is 332 g/mol. The quantitative estimate of drug-likeness (QED) is 0.733. The van der Waals surface area contributed by atoms with Gasteiger partial charge in [0.05, 0.1) is 12.7 Å². The summed E-state index contributed by atoms with van der Waals surface area (Å²) in [5.74, 6) is -0.713. The molecule has 6 heteroatoms. The highest BCUT2D eigenvalue weighted by Crippen LogP contribution is 2.28. The molecule has 0 saturated heterocycles. The number of aliphatic hydroxyl groups is 1. The molecule has 1 heterocycles. The molecule has 1 atom stereocenters. The number of amides is 2. The summed E-state index contributed by atoms with van der Waals surface area (Å²) in [5.41, 5.74) is 4.29. The number of benzene rings is 2. The lowest BCUT2D eigenvalue weighted by atomic mass is 10.0. The number of aryl methyl sites for hydroxylation is 2. The maximum Gasteiger partial charge on any atom is 0.313 e. The summed E-state index contributed by atoms with van der Waals surface area (Å²) >= 11 is 0. The summed E-state index contributed by atoms with van der Waals surface area (Å²) < 4.78 is 5.43. The topological polar surface area (TPSA) is 87.7 Å². The number of aliphatic hydroxyl groups excluding tert-OH is 1. The van der Waals surface area contributed by atoms with Gasteiger partial charge in [-0.25, -0.2) is 0 Å². The van der Waals surface area contributed by atoms with E-state index in [1.807, 2.05) is 32.0 Å². The van der Waals surface area contributed by atoms with Crippen molar-refractivity contribution in [2.45, 2.75) is 26.4 Å². The minimum absolute atomic E-state index is 0.0429. The van der Waals surface area contributed by atoms with Crippen molar-refractivity contribution in [3.8, 4) is 5.75 Å². The first-order valence-electron chi connectivity index (χ1n) is 8.53. The third kappa shape index (κ3) is 4.21. The minimum Gasteiger partial charge on any atom is -0.493 e. The fourth-order valence-corrected chi connectivity index (χ4v) is 3.04. The summed E-state index contributed by atoms with van der Waals surface area (Å²) in [6, 6.07) is 11.0. The molecule has 26 heavy (non-hydrogen) atoms. The Hall–Kier alpha value is -2.86. The summed E-state index contributed by atoms with van der Waals surface area (Å²) in [6.45, 7) is 4.43. The first kappa shape index (κ1) is 17.9. The molecule has 0 saturated carbocycles. The average molecular weight is 354 g/mol. The highest BCUT2D eigenvalue weighted by atomic mass is 16.5. The number of nitrogens with one attached hydrogen (secondary N) is 2. The molecule has 1 unspecified atom stereocenters. The monoisotopic (exact) mass is 354 g/mol. The van der Waals surface area contributed by atoms with E-state index in [0.29, 0.717) is 17.9 Å². The van der Waals surface area contributed by atoms with E-state index in [1.54, 1.807) is 18.2 Å². The molecule has 3 N–H and O–H groups in total. The van der Waals surface area contributed by atoms with Crippen LogP contribution in [-0.4, -0.2) is 30.1 Å². The van der Waals surface area contributed by atoms with Crippen molar-refractivity contribution >= 4 is 17.5 Å². The van der Waals surface area contributed by atoms with E-state index in [2.05, 4.69) is 10.6 Å². The molecule has 3 rings (SSSR count). The van der Waals surface area contributed by atoms with Crippen molar-refractivity contribution in [3.63, 3.8) is 0 Å². The molecule has 1 aliphatic rings. The first-order chi connectivity index (χ1) is 12.4. The van der Waals surface area contributed by atoms with E-state index < -0.39 is 17.9 Å². The van der Waals surface area contributed by atoms with Gasteiger partial charge in [0.1, 0.15) is 5.75 Å². The third-order valence-electron chi connectivity index (χ3n) is 4.24. The van der Waals surface area contributed by atoms with Gasteiger partial charge < -0.3 is 20.5 Å². The van der Waals surface area contributed by atoms with E-state index in [0.717, 1.165) is 28.9 Å². The van der Waals surface area contributed by atoms with E-state index in [4.69, 9.17) is 4.74 Å². The fraction of sp³-hybridized carbons (Fsp3) is 0.300. The largest absolute Gasteiger partial charge is 0.493 e. The van der Waals surface area contributed by atoms with Crippen LogP contribution >= 0.6 is 0 Å². The van der Waals surface area contributed by atoms with Crippen LogP contribution in [0, 0.1) is 13.8 Å². The highest BCUT2D eigenvalue weighted by Gasteiger charge is 2.18. The number of rotatable bonds is 4. The molecule has 0 radical (unpaired) electrons. The van der Waals surface area contributed by atoms with Gasteiger partial charge in [0.15, 0.2) is 0 Å². The van der Waals surface area contributed by atoms with Crippen LogP contribution in [0.1, 0.15) is 28.4 Å². The Morgan fingerprint density at radius 2 is 1.85 bits per heavy atom. The predicted octanol–water partition coefficient (Wildman–Crippen LogP) is 2.03. The second-order valence-electron chi connectivity index (χ2n) is 6.52. The lowest BCUT2D eigenvalue weighted by molar-refractivity contribution is -0.136. The van der Waals surface area contributed by atoms with Crippen molar-refractivity contribution < 1.29 is 19.4 Å². The average Bonchev–Trinajstić information content (AvgIpc) is 3.05. The van der Waals surface area contributed by atoms with Crippen LogP contribution in [0.5, 0.6) is 5.75 Å². The number of fused-ring (bicyclic) bond motifs is 1. The van der Waals surface area contributed by atoms with Crippen LogP contribution in [0.25, 0.3) is 0 Å². The number of hydrogen-bond acceptors (Lipinski definition) is 4. The summed E-state index contributed by atoms with van der Waals surface area (Å²) in [7, 11) is 0. The maximum absolute atomic E-state index is 12.0. The molecule has 6 nitrogen and oxygen atoms in total. The number of anilines is 1. The Balaban J connectivity index is 1.55. The molecule has 2 amide bonds. The predicted molar refractivity (Wildman–Crippen MR) is 98.2 cm³/mol. The van der Waals surface area contributed by atoms with E-state index in [1.165, 1.54) is 0 Å².